The fourth-order valence-corrected chi connectivity index (χ4v) is 1.58. The highest BCUT2D eigenvalue weighted by atomic mass is 16.6. The number of benzene rings is 1. The van der Waals surface area contributed by atoms with Crippen molar-refractivity contribution in [2.75, 3.05) is 6.54 Å². The zero-order valence-electron chi connectivity index (χ0n) is 11.3. The molecule has 0 saturated carbocycles. The maximum Gasteiger partial charge on any atom is 0.282 e. The van der Waals surface area contributed by atoms with Crippen LogP contribution in [0.25, 0.3) is 0 Å². The molecule has 1 amide bonds. The van der Waals surface area contributed by atoms with Gasteiger partial charge in [0.2, 0.25) is 0 Å². The molecule has 104 valence electrons. The number of nitro groups is 1. The number of amides is 1. The van der Waals surface area contributed by atoms with Crippen LogP contribution in [0.3, 0.4) is 0 Å². The lowest BCUT2D eigenvalue weighted by molar-refractivity contribution is -0.385. The number of hydrogen-bond donors (Lipinski definition) is 2. The van der Waals surface area contributed by atoms with Crippen molar-refractivity contribution in [2.45, 2.75) is 26.3 Å². The molecule has 0 aliphatic carbocycles. The topological polar surface area (TPSA) is 98.3 Å². The predicted molar refractivity (Wildman–Crippen MR) is 72.9 cm³/mol. The first-order chi connectivity index (χ1) is 8.81. The second kappa shape index (κ2) is 5.79. The van der Waals surface area contributed by atoms with E-state index in [1.807, 2.05) is 20.8 Å². The molecule has 1 unspecified atom stereocenters. The van der Waals surface area contributed by atoms with Crippen LogP contribution in [0.2, 0.25) is 0 Å². The van der Waals surface area contributed by atoms with E-state index >= 15 is 0 Å². The average Bonchev–Trinajstić information content (AvgIpc) is 2.38. The summed E-state index contributed by atoms with van der Waals surface area (Å²) in [6, 6.07) is 5.87. The van der Waals surface area contributed by atoms with Gasteiger partial charge in [0.05, 0.1) is 10.5 Å². The molecule has 0 radical (unpaired) electrons. The highest BCUT2D eigenvalue weighted by molar-refractivity contribution is 5.98. The molecule has 0 aromatic heterocycles. The molecule has 1 aromatic rings. The minimum atomic E-state index is -0.596. The lowest BCUT2D eigenvalue weighted by atomic mass is 9.88. The Morgan fingerprint density at radius 2 is 2.05 bits per heavy atom. The molecule has 0 aliphatic heterocycles. The van der Waals surface area contributed by atoms with Crippen molar-refractivity contribution in [1.82, 2.24) is 5.32 Å². The van der Waals surface area contributed by atoms with Gasteiger partial charge in [0, 0.05) is 12.6 Å². The van der Waals surface area contributed by atoms with Crippen LogP contribution in [0.1, 0.15) is 31.1 Å². The summed E-state index contributed by atoms with van der Waals surface area (Å²) in [7, 11) is 0. The Bertz CT molecular complexity index is 488. The standard InChI is InChI=1S/C13H19N3O3/c1-9(2)13(3,8-14)15-12(17)10-6-4-5-7-11(10)16(18)19/h4-7,9H,8,14H2,1-3H3,(H,15,17). The number of para-hydroxylation sites is 1. The summed E-state index contributed by atoms with van der Waals surface area (Å²) in [6.45, 7) is 5.96. The number of nitro benzene ring substituents is 1. The minimum Gasteiger partial charge on any atom is -0.345 e. The van der Waals surface area contributed by atoms with Crippen LogP contribution in [0, 0.1) is 16.0 Å². The molecule has 0 aliphatic rings. The van der Waals surface area contributed by atoms with Crippen LogP contribution < -0.4 is 11.1 Å². The van der Waals surface area contributed by atoms with E-state index in [1.54, 1.807) is 6.07 Å². The summed E-state index contributed by atoms with van der Waals surface area (Å²) in [4.78, 5) is 22.5. The molecule has 19 heavy (non-hydrogen) atoms. The molecule has 6 nitrogen and oxygen atoms in total. The molecular weight excluding hydrogens is 246 g/mol. The number of hydrogen-bond acceptors (Lipinski definition) is 4. The molecule has 1 aromatic carbocycles. The molecule has 0 fully saturated rings. The van der Waals surface area contributed by atoms with Gasteiger partial charge < -0.3 is 11.1 Å². The van der Waals surface area contributed by atoms with Crippen LogP contribution >= 0.6 is 0 Å². The summed E-state index contributed by atoms with van der Waals surface area (Å²) in [5.74, 6) is -0.363. The number of carbonyl (C=O) groups excluding carboxylic acids is 1. The SMILES string of the molecule is CC(C)C(C)(CN)NC(=O)c1ccccc1[N+](=O)[O-]. The van der Waals surface area contributed by atoms with E-state index in [0.29, 0.717) is 0 Å². The highest BCUT2D eigenvalue weighted by Crippen LogP contribution is 2.20. The summed E-state index contributed by atoms with van der Waals surface area (Å²) in [6.07, 6.45) is 0. The smallest absolute Gasteiger partial charge is 0.282 e. The molecular formula is C13H19N3O3. The molecule has 0 bridgehead atoms. The third-order valence-electron chi connectivity index (χ3n) is 3.44. The van der Waals surface area contributed by atoms with Gasteiger partial charge in [-0.3, -0.25) is 14.9 Å². The van der Waals surface area contributed by atoms with Crippen LogP contribution in [0.15, 0.2) is 24.3 Å². The Balaban J connectivity index is 3.05. The molecule has 6 heteroatoms. The molecule has 0 saturated heterocycles. The third-order valence-corrected chi connectivity index (χ3v) is 3.44. The Kier molecular flexibility index (Phi) is 4.61. The van der Waals surface area contributed by atoms with Crippen LogP contribution in [0.4, 0.5) is 5.69 Å². The Morgan fingerprint density at radius 1 is 1.47 bits per heavy atom. The van der Waals surface area contributed by atoms with Gasteiger partial charge in [0.1, 0.15) is 5.56 Å². The largest absolute Gasteiger partial charge is 0.345 e. The molecule has 1 rings (SSSR count). The molecule has 1 atom stereocenters. The lowest BCUT2D eigenvalue weighted by Crippen LogP contribution is -2.55. The minimum absolute atomic E-state index is 0.0489. The maximum atomic E-state index is 12.2. The lowest BCUT2D eigenvalue weighted by Gasteiger charge is -2.33. The molecule has 0 heterocycles. The second-order valence-corrected chi connectivity index (χ2v) is 5.00. The first-order valence-corrected chi connectivity index (χ1v) is 6.08. The summed E-state index contributed by atoms with van der Waals surface area (Å²) in [5, 5.41) is 13.7. The van der Waals surface area contributed by atoms with Crippen molar-refractivity contribution >= 4 is 11.6 Å². The summed E-state index contributed by atoms with van der Waals surface area (Å²) in [5.41, 5.74) is 4.93. The first-order valence-electron chi connectivity index (χ1n) is 6.08. The van der Waals surface area contributed by atoms with E-state index in [2.05, 4.69) is 5.32 Å². The Morgan fingerprint density at radius 3 is 2.53 bits per heavy atom. The number of nitrogens with one attached hydrogen (secondary N) is 1. The van der Waals surface area contributed by atoms with E-state index in [1.165, 1.54) is 18.2 Å². The van der Waals surface area contributed by atoms with Gasteiger partial charge in [0.15, 0.2) is 0 Å². The van der Waals surface area contributed by atoms with E-state index in [-0.39, 0.29) is 23.7 Å². The Labute approximate surface area is 112 Å². The zero-order valence-corrected chi connectivity index (χ0v) is 11.3. The second-order valence-electron chi connectivity index (χ2n) is 5.00. The maximum absolute atomic E-state index is 12.2. The molecule has 3 N–H and O–H groups in total. The van der Waals surface area contributed by atoms with Crippen LogP contribution in [0.5, 0.6) is 0 Å². The van der Waals surface area contributed by atoms with Crippen molar-refractivity contribution in [3.05, 3.63) is 39.9 Å². The summed E-state index contributed by atoms with van der Waals surface area (Å²) < 4.78 is 0. The van der Waals surface area contributed by atoms with Crippen molar-refractivity contribution in [2.24, 2.45) is 11.7 Å². The van der Waals surface area contributed by atoms with Gasteiger partial charge in [-0.1, -0.05) is 26.0 Å². The Hall–Kier alpha value is -1.95. The monoisotopic (exact) mass is 265 g/mol. The zero-order chi connectivity index (χ0) is 14.6. The third kappa shape index (κ3) is 3.29. The van der Waals surface area contributed by atoms with E-state index < -0.39 is 16.4 Å². The van der Waals surface area contributed by atoms with Crippen molar-refractivity contribution in [3.8, 4) is 0 Å². The number of nitrogens with zero attached hydrogens (tertiary/aromatic N) is 1. The van der Waals surface area contributed by atoms with E-state index in [9.17, 15) is 14.9 Å². The van der Waals surface area contributed by atoms with Crippen molar-refractivity contribution < 1.29 is 9.72 Å². The van der Waals surface area contributed by atoms with Crippen molar-refractivity contribution in [1.29, 1.82) is 0 Å². The fourth-order valence-electron chi connectivity index (χ4n) is 1.58. The molecule has 0 spiro atoms. The van der Waals surface area contributed by atoms with Crippen LogP contribution in [-0.4, -0.2) is 22.9 Å². The van der Waals surface area contributed by atoms with Gasteiger partial charge in [0.25, 0.3) is 11.6 Å². The highest BCUT2D eigenvalue weighted by Gasteiger charge is 2.31. The van der Waals surface area contributed by atoms with Gasteiger partial charge in [-0.2, -0.15) is 0 Å². The van der Waals surface area contributed by atoms with E-state index in [0.717, 1.165) is 0 Å². The quantitative estimate of drug-likeness (QED) is 0.625. The van der Waals surface area contributed by atoms with Gasteiger partial charge in [-0.15, -0.1) is 0 Å². The normalized spacial score (nSPS) is 13.9. The summed E-state index contributed by atoms with van der Waals surface area (Å²) >= 11 is 0. The van der Waals surface area contributed by atoms with Gasteiger partial charge >= 0.3 is 0 Å². The number of rotatable bonds is 5. The van der Waals surface area contributed by atoms with E-state index in [4.69, 9.17) is 5.73 Å². The van der Waals surface area contributed by atoms with Gasteiger partial charge in [-0.05, 0) is 18.9 Å². The predicted octanol–water partition coefficient (Wildman–Crippen LogP) is 1.70. The van der Waals surface area contributed by atoms with Gasteiger partial charge in [-0.25, -0.2) is 0 Å². The number of carbonyl (C=O) groups is 1. The average molecular weight is 265 g/mol. The van der Waals surface area contributed by atoms with Crippen LogP contribution in [-0.2, 0) is 0 Å². The van der Waals surface area contributed by atoms with Crippen molar-refractivity contribution in [3.63, 3.8) is 0 Å². The fraction of sp³-hybridized carbons (Fsp3) is 0.462. The number of nitrogens with two attached hydrogens (primary N) is 1. The first kappa shape index (κ1) is 15.1.